The topological polar surface area (TPSA) is 76.0 Å². The van der Waals surface area contributed by atoms with Crippen molar-refractivity contribution < 1.29 is 9.90 Å². The van der Waals surface area contributed by atoms with Gasteiger partial charge in [0.15, 0.2) is 0 Å². The first-order valence-corrected chi connectivity index (χ1v) is 8.66. The molecule has 112 valence electrons. The van der Waals surface area contributed by atoms with E-state index in [4.69, 9.17) is 5.11 Å². The molecular formula is C15H13N3O2S2. The van der Waals surface area contributed by atoms with Crippen molar-refractivity contribution in [2.24, 2.45) is 0 Å². The summed E-state index contributed by atoms with van der Waals surface area (Å²) in [6.07, 6.45) is 1.00. The molecule has 0 bridgehead atoms. The van der Waals surface area contributed by atoms with Crippen molar-refractivity contribution >= 4 is 38.9 Å². The van der Waals surface area contributed by atoms with Crippen LogP contribution in [0.4, 0.5) is 0 Å². The number of nitrogens with zero attached hydrogens (tertiary/aromatic N) is 3. The van der Waals surface area contributed by atoms with Crippen LogP contribution in [0.15, 0.2) is 11.4 Å². The molecule has 0 saturated heterocycles. The molecule has 0 aliphatic heterocycles. The lowest BCUT2D eigenvalue weighted by molar-refractivity contribution is 0.0696. The van der Waals surface area contributed by atoms with Gasteiger partial charge in [-0.05, 0) is 31.7 Å². The van der Waals surface area contributed by atoms with Crippen LogP contribution in [-0.2, 0) is 0 Å². The van der Waals surface area contributed by atoms with Crippen LogP contribution in [0.2, 0.25) is 0 Å². The fourth-order valence-electron chi connectivity index (χ4n) is 2.90. The van der Waals surface area contributed by atoms with Crippen molar-refractivity contribution in [3.63, 3.8) is 0 Å². The summed E-state index contributed by atoms with van der Waals surface area (Å²) in [7, 11) is 0. The molecule has 1 fully saturated rings. The number of rotatable bonds is 3. The number of thiophene rings is 1. The molecule has 4 rings (SSSR count). The van der Waals surface area contributed by atoms with Crippen LogP contribution in [0.25, 0.3) is 10.2 Å². The van der Waals surface area contributed by atoms with Gasteiger partial charge >= 0.3 is 5.97 Å². The standard InChI is InChI=1S/C15H13N3O2S2/c1-6-12(22-14(16-6)15(19)20)10-5-9(10)11-8-3-4-21-13(8)18-7(2)17-11/h3-4,9-10H,5H2,1-2H3,(H,19,20). The van der Waals surface area contributed by atoms with Crippen LogP contribution < -0.4 is 0 Å². The largest absolute Gasteiger partial charge is 0.476 e. The fourth-order valence-corrected chi connectivity index (χ4v) is 4.80. The lowest BCUT2D eigenvalue weighted by atomic mass is 10.1. The Hall–Kier alpha value is -1.86. The van der Waals surface area contributed by atoms with Crippen LogP contribution in [-0.4, -0.2) is 26.0 Å². The SMILES string of the molecule is Cc1nc(C2CC2c2sc(C(=O)O)nc2C)c2ccsc2n1. The van der Waals surface area contributed by atoms with Crippen molar-refractivity contribution in [2.75, 3.05) is 0 Å². The van der Waals surface area contributed by atoms with Crippen LogP contribution in [0, 0.1) is 13.8 Å². The van der Waals surface area contributed by atoms with Gasteiger partial charge in [0.1, 0.15) is 10.7 Å². The van der Waals surface area contributed by atoms with Crippen LogP contribution >= 0.6 is 22.7 Å². The van der Waals surface area contributed by atoms with Gasteiger partial charge in [-0.2, -0.15) is 0 Å². The van der Waals surface area contributed by atoms with Gasteiger partial charge in [0, 0.05) is 22.1 Å². The number of fused-ring (bicyclic) bond motifs is 1. The highest BCUT2D eigenvalue weighted by molar-refractivity contribution is 7.16. The monoisotopic (exact) mass is 331 g/mol. The zero-order chi connectivity index (χ0) is 15.4. The Kier molecular flexibility index (Phi) is 3.02. The third-order valence-electron chi connectivity index (χ3n) is 3.96. The Morgan fingerprint density at radius 1 is 1.27 bits per heavy atom. The van der Waals surface area contributed by atoms with E-state index >= 15 is 0 Å². The summed E-state index contributed by atoms with van der Waals surface area (Å²) in [5.41, 5.74) is 1.93. The second-order valence-electron chi connectivity index (χ2n) is 5.52. The maximum atomic E-state index is 11.1. The molecule has 7 heteroatoms. The predicted molar refractivity (Wildman–Crippen MR) is 86.1 cm³/mol. The highest BCUT2D eigenvalue weighted by atomic mass is 32.1. The van der Waals surface area contributed by atoms with Gasteiger partial charge in [-0.15, -0.1) is 22.7 Å². The molecule has 3 aromatic rings. The van der Waals surface area contributed by atoms with Crippen LogP contribution in [0.1, 0.15) is 50.1 Å². The van der Waals surface area contributed by atoms with Crippen molar-refractivity contribution in [1.29, 1.82) is 0 Å². The smallest absolute Gasteiger partial charge is 0.365 e. The second-order valence-corrected chi connectivity index (χ2v) is 7.44. The third-order valence-corrected chi connectivity index (χ3v) is 6.04. The average Bonchev–Trinajstić information content (AvgIpc) is 2.91. The molecule has 1 saturated carbocycles. The van der Waals surface area contributed by atoms with Gasteiger partial charge in [0.2, 0.25) is 5.01 Å². The van der Waals surface area contributed by atoms with Gasteiger partial charge in [-0.25, -0.2) is 19.7 Å². The fraction of sp³-hybridized carbons (Fsp3) is 0.333. The van der Waals surface area contributed by atoms with Crippen LogP contribution in [0.3, 0.4) is 0 Å². The number of aryl methyl sites for hydroxylation is 2. The number of carbonyl (C=O) groups is 1. The molecule has 0 amide bonds. The maximum absolute atomic E-state index is 11.1. The Morgan fingerprint density at radius 3 is 2.82 bits per heavy atom. The Balaban J connectivity index is 1.72. The number of carboxylic acids is 1. The molecule has 2 atom stereocenters. The lowest BCUT2D eigenvalue weighted by Crippen LogP contribution is -1.95. The number of hydrogen-bond donors (Lipinski definition) is 1. The van der Waals surface area contributed by atoms with E-state index in [1.54, 1.807) is 11.3 Å². The predicted octanol–water partition coefficient (Wildman–Crippen LogP) is 3.73. The van der Waals surface area contributed by atoms with Crippen LogP contribution in [0.5, 0.6) is 0 Å². The second kappa shape index (κ2) is 4.82. The first-order valence-electron chi connectivity index (χ1n) is 6.97. The average molecular weight is 331 g/mol. The molecule has 0 spiro atoms. The van der Waals surface area contributed by atoms with E-state index in [0.717, 1.165) is 38.7 Å². The first-order chi connectivity index (χ1) is 10.5. The normalized spacial score (nSPS) is 20.5. The summed E-state index contributed by atoms with van der Waals surface area (Å²) in [4.78, 5) is 26.5. The zero-order valence-electron chi connectivity index (χ0n) is 12.0. The molecule has 2 unspecified atom stereocenters. The minimum absolute atomic E-state index is 0.178. The van der Waals surface area contributed by atoms with Gasteiger partial charge in [0.25, 0.3) is 0 Å². The Labute approximate surface area is 134 Å². The van der Waals surface area contributed by atoms with Crippen molar-refractivity contribution in [2.45, 2.75) is 32.1 Å². The van der Waals surface area contributed by atoms with E-state index in [-0.39, 0.29) is 5.01 Å². The number of hydrogen-bond acceptors (Lipinski definition) is 6. The Morgan fingerprint density at radius 2 is 2.09 bits per heavy atom. The van der Waals surface area contributed by atoms with Crippen molar-refractivity contribution in [3.8, 4) is 0 Å². The van der Waals surface area contributed by atoms with E-state index in [9.17, 15) is 4.79 Å². The summed E-state index contributed by atoms with van der Waals surface area (Å²) in [5, 5.41) is 12.4. The van der Waals surface area contributed by atoms with Crippen molar-refractivity contribution in [1.82, 2.24) is 15.0 Å². The molecule has 1 aliphatic rings. The lowest BCUT2D eigenvalue weighted by Gasteiger charge is -2.03. The molecule has 1 aliphatic carbocycles. The summed E-state index contributed by atoms with van der Waals surface area (Å²) in [6, 6.07) is 2.08. The summed E-state index contributed by atoms with van der Waals surface area (Å²) in [6.45, 7) is 3.81. The number of aromatic nitrogens is 3. The highest BCUT2D eigenvalue weighted by Gasteiger charge is 2.44. The molecule has 3 aromatic heterocycles. The minimum atomic E-state index is -0.949. The van der Waals surface area contributed by atoms with E-state index < -0.39 is 5.97 Å². The minimum Gasteiger partial charge on any atom is -0.476 e. The molecule has 5 nitrogen and oxygen atoms in total. The summed E-state index contributed by atoms with van der Waals surface area (Å²) in [5.74, 6) is 0.528. The van der Waals surface area contributed by atoms with E-state index in [2.05, 4.69) is 21.0 Å². The Bertz CT molecular complexity index is 899. The van der Waals surface area contributed by atoms with Gasteiger partial charge < -0.3 is 5.11 Å². The van der Waals surface area contributed by atoms with E-state index in [1.165, 1.54) is 11.3 Å². The van der Waals surface area contributed by atoms with E-state index in [0.29, 0.717) is 11.8 Å². The van der Waals surface area contributed by atoms with Gasteiger partial charge in [0.05, 0.1) is 11.4 Å². The summed E-state index contributed by atoms with van der Waals surface area (Å²) >= 11 is 2.93. The van der Waals surface area contributed by atoms with Gasteiger partial charge in [-0.1, -0.05) is 0 Å². The quantitative estimate of drug-likeness (QED) is 0.791. The number of carboxylic acid groups (broad SMARTS) is 1. The first kappa shape index (κ1) is 13.8. The zero-order valence-corrected chi connectivity index (χ0v) is 13.7. The maximum Gasteiger partial charge on any atom is 0.365 e. The number of thiazole rings is 1. The molecule has 0 radical (unpaired) electrons. The molecule has 3 heterocycles. The number of aromatic carboxylic acids is 1. The van der Waals surface area contributed by atoms with Crippen molar-refractivity contribution in [3.05, 3.63) is 38.5 Å². The molecular weight excluding hydrogens is 318 g/mol. The molecule has 22 heavy (non-hydrogen) atoms. The van der Waals surface area contributed by atoms with E-state index in [1.807, 2.05) is 19.2 Å². The summed E-state index contributed by atoms with van der Waals surface area (Å²) < 4.78 is 0. The van der Waals surface area contributed by atoms with Gasteiger partial charge in [-0.3, -0.25) is 0 Å². The highest BCUT2D eigenvalue weighted by Crippen LogP contribution is 2.57. The molecule has 0 aromatic carbocycles. The molecule has 1 N–H and O–H groups in total. The third kappa shape index (κ3) is 2.12.